The van der Waals surface area contributed by atoms with Crippen molar-refractivity contribution in [3.05, 3.63) is 72.8 Å². The van der Waals surface area contributed by atoms with Crippen LogP contribution >= 0.6 is 0 Å². The molecule has 9 heteroatoms. The molecule has 1 saturated heterocycles. The van der Waals surface area contributed by atoms with E-state index in [1.165, 1.54) is 0 Å². The highest BCUT2D eigenvalue weighted by molar-refractivity contribution is 7.95. The summed E-state index contributed by atoms with van der Waals surface area (Å²) >= 11 is 0. The zero-order valence-corrected chi connectivity index (χ0v) is 17.6. The fraction of sp³-hybridized carbons (Fsp3) is 0.227. The standard InChI is InChI=1S/C22H22N6O2S/c29-31(30,19-11-5-2-6-12-19)26-18-10-7-15-27(16-18)21-14-13-20-23-24-22(28(20)25-21)17-8-3-1-4-9-17/h1-6,8-9,11-14,18H,7,10,15-16H2,(H-,26,29,30). The summed E-state index contributed by atoms with van der Waals surface area (Å²) in [5.74, 6) is 1.45. The molecule has 2 unspecified atom stereocenters. The van der Waals surface area contributed by atoms with Crippen molar-refractivity contribution < 1.29 is 8.76 Å². The van der Waals surface area contributed by atoms with Crippen molar-refractivity contribution in [2.75, 3.05) is 18.0 Å². The molecule has 0 amide bonds. The van der Waals surface area contributed by atoms with E-state index < -0.39 is 10.4 Å². The second-order valence-corrected chi connectivity index (χ2v) is 9.28. The van der Waals surface area contributed by atoms with Crippen LogP contribution in [0.15, 0.2) is 77.7 Å². The van der Waals surface area contributed by atoms with Gasteiger partial charge in [0.1, 0.15) is 5.82 Å². The number of hydrogen-bond donors (Lipinski definition) is 1. The molecular formula is C22H22N6O2S. The van der Waals surface area contributed by atoms with E-state index in [-0.39, 0.29) is 10.9 Å². The van der Waals surface area contributed by atoms with Crippen molar-refractivity contribution in [1.82, 2.24) is 24.5 Å². The van der Waals surface area contributed by atoms with Crippen molar-refractivity contribution in [3.8, 4) is 11.4 Å². The van der Waals surface area contributed by atoms with Gasteiger partial charge in [0.2, 0.25) is 0 Å². The molecule has 0 spiro atoms. The zero-order valence-electron chi connectivity index (χ0n) is 16.8. The van der Waals surface area contributed by atoms with Crippen molar-refractivity contribution >= 4 is 21.9 Å². The van der Waals surface area contributed by atoms with Crippen molar-refractivity contribution in [2.45, 2.75) is 23.8 Å². The predicted molar refractivity (Wildman–Crippen MR) is 118 cm³/mol. The quantitative estimate of drug-likeness (QED) is 0.485. The lowest BCUT2D eigenvalue weighted by atomic mass is 10.1. The van der Waals surface area contributed by atoms with Gasteiger partial charge >= 0.3 is 0 Å². The monoisotopic (exact) mass is 434 g/mol. The molecule has 1 aliphatic rings. The van der Waals surface area contributed by atoms with Gasteiger partial charge in [-0.25, -0.2) is 0 Å². The van der Waals surface area contributed by atoms with Gasteiger partial charge in [-0.2, -0.15) is 4.52 Å². The van der Waals surface area contributed by atoms with Crippen molar-refractivity contribution in [1.29, 1.82) is 0 Å². The van der Waals surface area contributed by atoms with Crippen LogP contribution in [-0.2, 0) is 14.6 Å². The Morgan fingerprint density at radius 2 is 1.71 bits per heavy atom. The minimum atomic E-state index is -3.56. The van der Waals surface area contributed by atoms with Gasteiger partial charge in [-0.3, -0.25) is 0 Å². The van der Waals surface area contributed by atoms with E-state index in [1.807, 2.05) is 42.5 Å². The molecule has 1 N–H and O–H groups in total. The number of anilines is 1. The molecule has 0 radical (unpaired) electrons. The number of fused-ring (bicyclic) bond motifs is 1. The molecule has 2 aromatic heterocycles. The Bertz CT molecular complexity index is 1230. The number of rotatable bonds is 5. The molecule has 158 valence electrons. The number of piperidine rings is 1. The SMILES string of the molecule is O=[S+]([O-])(NC1CCCN(c2ccc3nnc(-c4ccccc4)n3n2)C1)c1ccccc1. The number of benzene rings is 2. The third kappa shape index (κ3) is 4.07. The smallest absolute Gasteiger partial charge is 0.185 e. The lowest BCUT2D eigenvalue weighted by molar-refractivity contribution is 0.421. The molecule has 0 saturated carbocycles. The highest BCUT2D eigenvalue weighted by atomic mass is 32.3. The van der Waals surface area contributed by atoms with Crippen LogP contribution in [0.4, 0.5) is 5.82 Å². The van der Waals surface area contributed by atoms with E-state index in [0.717, 1.165) is 30.8 Å². The fourth-order valence-corrected chi connectivity index (χ4v) is 5.17. The highest BCUT2D eigenvalue weighted by Crippen LogP contribution is 2.23. The number of nitrogens with zero attached hydrogens (tertiary/aromatic N) is 5. The molecule has 8 nitrogen and oxygen atoms in total. The molecule has 0 aliphatic carbocycles. The first-order valence-electron chi connectivity index (χ1n) is 10.2. The highest BCUT2D eigenvalue weighted by Gasteiger charge is 2.29. The van der Waals surface area contributed by atoms with Crippen LogP contribution in [0, 0.1) is 0 Å². The lowest BCUT2D eigenvalue weighted by Gasteiger charge is -2.34. The van der Waals surface area contributed by atoms with E-state index in [4.69, 9.17) is 5.10 Å². The molecule has 2 aromatic carbocycles. The van der Waals surface area contributed by atoms with E-state index in [2.05, 4.69) is 19.8 Å². The Kier molecular flexibility index (Phi) is 5.23. The van der Waals surface area contributed by atoms with Crippen LogP contribution < -0.4 is 9.62 Å². The average Bonchev–Trinajstić information content (AvgIpc) is 3.23. The topological polar surface area (TPSA) is 98.5 Å². The average molecular weight is 435 g/mol. The van der Waals surface area contributed by atoms with Crippen molar-refractivity contribution in [2.24, 2.45) is 0 Å². The Balaban J connectivity index is 1.38. The molecule has 2 atom stereocenters. The summed E-state index contributed by atoms with van der Waals surface area (Å²) in [5.41, 5.74) is 1.60. The molecule has 0 bridgehead atoms. The predicted octanol–water partition coefficient (Wildman–Crippen LogP) is 2.95. The van der Waals surface area contributed by atoms with Gasteiger partial charge in [0.05, 0.1) is 6.04 Å². The number of hydrogen-bond acceptors (Lipinski definition) is 6. The van der Waals surface area contributed by atoms with E-state index in [9.17, 15) is 8.76 Å². The first-order valence-corrected chi connectivity index (χ1v) is 11.7. The van der Waals surface area contributed by atoms with Crippen LogP contribution in [0.5, 0.6) is 0 Å². The summed E-state index contributed by atoms with van der Waals surface area (Å²) < 4.78 is 30.0. The number of nitrogens with one attached hydrogen (secondary N) is 1. The molecule has 31 heavy (non-hydrogen) atoms. The molecule has 3 heterocycles. The number of sulfonamides is 1. The first-order chi connectivity index (χ1) is 15.1. The minimum absolute atomic E-state index is 0.189. The van der Waals surface area contributed by atoms with Crippen LogP contribution in [0.2, 0.25) is 0 Å². The second-order valence-electron chi connectivity index (χ2n) is 7.57. The van der Waals surface area contributed by atoms with E-state index in [0.29, 0.717) is 18.0 Å². The van der Waals surface area contributed by atoms with Crippen LogP contribution in [0.1, 0.15) is 12.8 Å². The summed E-state index contributed by atoms with van der Waals surface area (Å²) in [6, 6.07) is 21.9. The maximum Gasteiger partial charge on any atom is 0.185 e. The van der Waals surface area contributed by atoms with Gasteiger partial charge in [0, 0.05) is 18.7 Å². The van der Waals surface area contributed by atoms with E-state index in [1.54, 1.807) is 34.8 Å². The first kappa shape index (κ1) is 19.8. The summed E-state index contributed by atoms with van der Waals surface area (Å²) in [6.45, 7) is 1.36. The van der Waals surface area contributed by atoms with Gasteiger partial charge in [-0.1, -0.05) is 52.7 Å². The lowest BCUT2D eigenvalue weighted by Crippen LogP contribution is -2.49. The van der Waals surface area contributed by atoms with Gasteiger partial charge in [-0.05, 0) is 37.1 Å². The summed E-state index contributed by atoms with van der Waals surface area (Å²) in [5, 5.41) is 13.3. The van der Waals surface area contributed by atoms with Crippen molar-refractivity contribution in [3.63, 3.8) is 0 Å². The summed E-state index contributed by atoms with van der Waals surface area (Å²) in [6.07, 6.45) is 1.65. The Labute approximate surface area is 181 Å². The maximum atomic E-state index is 12.7. The Hall–Kier alpha value is -3.14. The summed E-state index contributed by atoms with van der Waals surface area (Å²) in [7, 11) is -3.56. The number of aromatic nitrogens is 4. The normalized spacial score (nSPS) is 18.7. The largest absolute Gasteiger partial charge is 0.593 e. The summed E-state index contributed by atoms with van der Waals surface area (Å²) in [4.78, 5) is 2.39. The van der Waals surface area contributed by atoms with E-state index >= 15 is 0 Å². The van der Waals surface area contributed by atoms with Crippen LogP contribution in [-0.4, -0.2) is 43.5 Å². The van der Waals surface area contributed by atoms with Crippen LogP contribution in [0.3, 0.4) is 0 Å². The molecule has 4 aromatic rings. The second kappa shape index (κ2) is 8.18. The minimum Gasteiger partial charge on any atom is -0.593 e. The Morgan fingerprint density at radius 1 is 0.968 bits per heavy atom. The molecule has 1 aliphatic heterocycles. The molecule has 1 fully saturated rings. The fourth-order valence-electron chi connectivity index (χ4n) is 3.88. The third-order valence-electron chi connectivity index (χ3n) is 5.40. The third-order valence-corrected chi connectivity index (χ3v) is 6.94. The maximum absolute atomic E-state index is 12.7. The molecule has 5 rings (SSSR count). The zero-order chi connectivity index (χ0) is 21.3. The van der Waals surface area contributed by atoms with Gasteiger partial charge in [0.15, 0.2) is 26.8 Å². The van der Waals surface area contributed by atoms with Gasteiger partial charge in [0.25, 0.3) is 0 Å². The van der Waals surface area contributed by atoms with Gasteiger partial charge < -0.3 is 9.45 Å². The van der Waals surface area contributed by atoms with Crippen LogP contribution in [0.25, 0.3) is 17.0 Å². The Morgan fingerprint density at radius 3 is 2.48 bits per heavy atom. The van der Waals surface area contributed by atoms with Gasteiger partial charge in [-0.15, -0.1) is 20.0 Å². The molecular weight excluding hydrogens is 412 g/mol.